The first-order valence-corrected chi connectivity index (χ1v) is 4.38. The minimum atomic E-state index is -0.316. The lowest BCUT2D eigenvalue weighted by molar-refractivity contribution is -0.121. The molecule has 0 saturated carbocycles. The van der Waals surface area contributed by atoms with Gasteiger partial charge in [0.2, 0.25) is 5.91 Å². The van der Waals surface area contributed by atoms with Crippen LogP contribution in [0.1, 0.15) is 13.3 Å². The van der Waals surface area contributed by atoms with Crippen molar-refractivity contribution in [2.24, 2.45) is 11.7 Å². The predicted octanol–water partition coefficient (Wildman–Crippen LogP) is -0.441. The highest BCUT2D eigenvalue weighted by Gasteiger charge is 2.10. The van der Waals surface area contributed by atoms with Crippen LogP contribution in [-0.4, -0.2) is 15.7 Å². The summed E-state index contributed by atoms with van der Waals surface area (Å²) in [6, 6.07) is 0. The van der Waals surface area contributed by atoms with Crippen LogP contribution >= 0.6 is 0 Å². The summed E-state index contributed by atoms with van der Waals surface area (Å²) in [5, 5.41) is 3.96. The van der Waals surface area contributed by atoms with Crippen molar-refractivity contribution >= 4 is 17.4 Å². The van der Waals surface area contributed by atoms with Gasteiger partial charge in [-0.1, -0.05) is 6.92 Å². The van der Waals surface area contributed by atoms with Gasteiger partial charge in [-0.25, -0.2) is 4.68 Å². The summed E-state index contributed by atoms with van der Waals surface area (Å²) in [4.78, 5) is 10.7. The van der Waals surface area contributed by atoms with E-state index < -0.39 is 0 Å². The lowest BCUT2D eigenvalue weighted by Gasteiger charge is -2.07. The van der Waals surface area contributed by atoms with Crippen molar-refractivity contribution in [2.45, 2.75) is 19.9 Å². The van der Waals surface area contributed by atoms with E-state index in [1.807, 2.05) is 0 Å². The molecule has 0 spiro atoms. The lowest BCUT2D eigenvalue weighted by atomic mass is 10.1. The fourth-order valence-corrected chi connectivity index (χ4v) is 1.05. The van der Waals surface area contributed by atoms with Crippen molar-refractivity contribution < 1.29 is 4.79 Å². The van der Waals surface area contributed by atoms with Crippen molar-refractivity contribution in [3.05, 3.63) is 6.20 Å². The molecule has 0 aliphatic carbocycles. The van der Waals surface area contributed by atoms with Gasteiger partial charge in [0, 0.05) is 12.5 Å². The normalized spacial score (nSPS) is 12.6. The third-order valence-corrected chi connectivity index (χ3v) is 2.17. The van der Waals surface area contributed by atoms with Gasteiger partial charge in [0.1, 0.15) is 5.82 Å². The molecule has 0 saturated heterocycles. The van der Waals surface area contributed by atoms with Crippen LogP contribution in [0.25, 0.3) is 0 Å². The van der Waals surface area contributed by atoms with Crippen LogP contribution in [0, 0.1) is 5.92 Å². The molecule has 6 N–H and O–H groups in total. The van der Waals surface area contributed by atoms with Crippen LogP contribution in [0.2, 0.25) is 0 Å². The van der Waals surface area contributed by atoms with Crippen LogP contribution < -0.4 is 17.2 Å². The number of primary amides is 1. The van der Waals surface area contributed by atoms with E-state index in [1.54, 1.807) is 11.6 Å². The maximum absolute atomic E-state index is 10.7. The summed E-state index contributed by atoms with van der Waals surface area (Å²) in [6.45, 7) is 2.32. The molecule has 6 heteroatoms. The number of nitrogen functional groups attached to an aromatic ring is 2. The number of nitrogens with zero attached hydrogens (tertiary/aromatic N) is 2. The monoisotopic (exact) mass is 197 g/mol. The van der Waals surface area contributed by atoms with Gasteiger partial charge in [-0.2, -0.15) is 5.10 Å². The second kappa shape index (κ2) is 3.99. The molecular formula is C8H15N5O. The second-order valence-corrected chi connectivity index (χ2v) is 3.30. The molecule has 0 radical (unpaired) electrons. The first-order chi connectivity index (χ1) is 6.52. The number of carbonyl (C=O) groups is 1. The Morgan fingerprint density at radius 2 is 2.29 bits per heavy atom. The summed E-state index contributed by atoms with van der Waals surface area (Å²) in [7, 11) is 0. The van der Waals surface area contributed by atoms with E-state index in [1.165, 1.54) is 6.20 Å². The van der Waals surface area contributed by atoms with E-state index in [9.17, 15) is 4.79 Å². The number of aryl methyl sites for hydroxylation is 1. The van der Waals surface area contributed by atoms with Gasteiger partial charge >= 0.3 is 0 Å². The van der Waals surface area contributed by atoms with E-state index in [0.29, 0.717) is 24.5 Å². The van der Waals surface area contributed by atoms with Crippen molar-refractivity contribution in [2.75, 3.05) is 11.5 Å². The maximum atomic E-state index is 10.7. The average Bonchev–Trinajstić information content (AvgIpc) is 2.44. The number of hydrogen-bond donors (Lipinski definition) is 3. The highest BCUT2D eigenvalue weighted by Crippen LogP contribution is 2.14. The third-order valence-electron chi connectivity index (χ3n) is 2.17. The number of aromatic nitrogens is 2. The van der Waals surface area contributed by atoms with Crippen molar-refractivity contribution in [3.8, 4) is 0 Å². The maximum Gasteiger partial charge on any atom is 0.220 e. The molecule has 1 amide bonds. The molecule has 1 aromatic rings. The van der Waals surface area contributed by atoms with Crippen molar-refractivity contribution in [3.63, 3.8) is 0 Å². The number of anilines is 2. The van der Waals surface area contributed by atoms with E-state index >= 15 is 0 Å². The van der Waals surface area contributed by atoms with E-state index in [0.717, 1.165) is 0 Å². The summed E-state index contributed by atoms with van der Waals surface area (Å²) in [5.74, 6) is -0.0646. The van der Waals surface area contributed by atoms with Crippen LogP contribution in [0.3, 0.4) is 0 Å². The fourth-order valence-electron chi connectivity index (χ4n) is 1.05. The quantitative estimate of drug-likeness (QED) is 0.607. The number of rotatable bonds is 4. The zero-order valence-corrected chi connectivity index (χ0v) is 8.10. The zero-order valence-electron chi connectivity index (χ0n) is 8.10. The topological polar surface area (TPSA) is 113 Å². The minimum Gasteiger partial charge on any atom is -0.394 e. The number of amides is 1. The predicted molar refractivity (Wildman–Crippen MR) is 54.0 cm³/mol. The molecule has 1 atom stereocenters. The molecular weight excluding hydrogens is 182 g/mol. The van der Waals surface area contributed by atoms with Gasteiger partial charge in [0.25, 0.3) is 0 Å². The highest BCUT2D eigenvalue weighted by molar-refractivity contribution is 5.76. The molecule has 0 aromatic carbocycles. The van der Waals surface area contributed by atoms with Crippen molar-refractivity contribution in [1.82, 2.24) is 9.78 Å². The van der Waals surface area contributed by atoms with Crippen LogP contribution in [0.5, 0.6) is 0 Å². The second-order valence-electron chi connectivity index (χ2n) is 3.30. The first-order valence-electron chi connectivity index (χ1n) is 4.38. The molecule has 0 fully saturated rings. The largest absolute Gasteiger partial charge is 0.394 e. The SMILES string of the molecule is CC(CCn1ncc(N)c1N)C(N)=O. The standard InChI is InChI=1S/C8H15N5O/c1-5(8(11)14)2-3-13-7(10)6(9)4-12-13/h4-5H,2-3,9-10H2,1H3,(H2,11,14). The number of hydrogen-bond acceptors (Lipinski definition) is 4. The molecule has 6 nitrogen and oxygen atoms in total. The van der Waals surface area contributed by atoms with Gasteiger partial charge in [-0.3, -0.25) is 4.79 Å². The summed E-state index contributed by atoms with van der Waals surface area (Å²) in [6.07, 6.45) is 2.10. The van der Waals surface area contributed by atoms with Crippen LogP contribution in [-0.2, 0) is 11.3 Å². The Kier molecular flexibility index (Phi) is 2.95. The van der Waals surface area contributed by atoms with E-state index in [2.05, 4.69) is 5.10 Å². The Morgan fingerprint density at radius 1 is 1.64 bits per heavy atom. The van der Waals surface area contributed by atoms with Crippen LogP contribution in [0.4, 0.5) is 11.5 Å². The van der Waals surface area contributed by atoms with E-state index in [-0.39, 0.29) is 11.8 Å². The molecule has 0 bridgehead atoms. The Balaban J connectivity index is 2.54. The third kappa shape index (κ3) is 2.15. The Hall–Kier alpha value is -1.72. The van der Waals surface area contributed by atoms with Gasteiger partial charge in [-0.15, -0.1) is 0 Å². The fraction of sp³-hybridized carbons (Fsp3) is 0.500. The number of carbonyl (C=O) groups excluding carboxylic acids is 1. The summed E-state index contributed by atoms with van der Waals surface area (Å²) in [5.41, 5.74) is 16.7. The average molecular weight is 197 g/mol. The molecule has 1 heterocycles. The van der Waals surface area contributed by atoms with E-state index in [4.69, 9.17) is 17.2 Å². The molecule has 14 heavy (non-hydrogen) atoms. The van der Waals surface area contributed by atoms with Gasteiger partial charge in [-0.05, 0) is 6.42 Å². The molecule has 0 aliphatic rings. The summed E-state index contributed by atoms with van der Waals surface area (Å²) >= 11 is 0. The Bertz CT molecular complexity index is 332. The molecule has 0 aliphatic heterocycles. The minimum absolute atomic E-state index is 0.181. The molecule has 1 aromatic heterocycles. The highest BCUT2D eigenvalue weighted by atomic mass is 16.1. The van der Waals surface area contributed by atoms with Gasteiger partial charge in [0.05, 0.1) is 11.9 Å². The zero-order chi connectivity index (χ0) is 10.7. The molecule has 1 rings (SSSR count). The molecule has 1 unspecified atom stereocenters. The van der Waals surface area contributed by atoms with Crippen LogP contribution in [0.15, 0.2) is 6.20 Å². The lowest BCUT2D eigenvalue weighted by Crippen LogP contribution is -2.22. The summed E-state index contributed by atoms with van der Waals surface area (Å²) < 4.78 is 1.56. The Labute approximate surface area is 82.0 Å². The number of nitrogens with two attached hydrogens (primary N) is 3. The smallest absolute Gasteiger partial charge is 0.220 e. The first kappa shape index (κ1) is 10.4. The van der Waals surface area contributed by atoms with Gasteiger partial charge in [0.15, 0.2) is 0 Å². The molecule has 78 valence electrons. The Morgan fingerprint density at radius 3 is 2.71 bits per heavy atom. The van der Waals surface area contributed by atoms with Crippen molar-refractivity contribution in [1.29, 1.82) is 0 Å². The van der Waals surface area contributed by atoms with Gasteiger partial charge < -0.3 is 17.2 Å².